The van der Waals surface area contributed by atoms with Crippen molar-refractivity contribution in [2.45, 2.75) is 0 Å². The number of hydrogen-bond acceptors (Lipinski definition) is 5. The van der Waals surface area contributed by atoms with E-state index in [4.69, 9.17) is 14.2 Å². The van der Waals surface area contributed by atoms with Crippen LogP contribution in [0.2, 0.25) is 0 Å². The summed E-state index contributed by atoms with van der Waals surface area (Å²) in [7, 11) is 4.74. The third kappa shape index (κ3) is 4.92. The Morgan fingerprint density at radius 1 is 0.800 bits per heavy atom. The number of methoxy groups -OCH3 is 3. The fourth-order valence-corrected chi connectivity index (χ4v) is 3.28. The number of ether oxygens (including phenoxy) is 3. The van der Waals surface area contributed by atoms with Crippen LogP contribution < -0.4 is 14.2 Å². The van der Waals surface area contributed by atoms with Crippen LogP contribution in [0.15, 0.2) is 48.5 Å². The molecule has 0 N–H and O–H groups in total. The van der Waals surface area contributed by atoms with Crippen LogP contribution in [0.5, 0.6) is 17.2 Å². The van der Waals surface area contributed by atoms with E-state index in [1.54, 1.807) is 73.6 Å². The van der Waals surface area contributed by atoms with Crippen LogP contribution in [0.4, 0.5) is 0 Å². The van der Waals surface area contributed by atoms with Crippen molar-refractivity contribution in [3.63, 3.8) is 0 Å². The minimum Gasteiger partial charge on any atom is -0.497 e. The SMILES string of the molecule is COc1ccc(C(=O)N2CCN(C(=O)/C=C/c3ccc(OC)c(OC)c3)CC2)cc1. The minimum atomic E-state index is -0.0821. The Kier molecular flexibility index (Phi) is 6.95. The summed E-state index contributed by atoms with van der Waals surface area (Å²) in [4.78, 5) is 28.7. The largest absolute Gasteiger partial charge is 0.497 e. The molecule has 0 spiro atoms. The lowest BCUT2D eigenvalue weighted by Crippen LogP contribution is -2.50. The summed E-state index contributed by atoms with van der Waals surface area (Å²) >= 11 is 0. The van der Waals surface area contributed by atoms with Crippen molar-refractivity contribution in [1.29, 1.82) is 0 Å². The summed E-state index contributed by atoms with van der Waals surface area (Å²) in [5.74, 6) is 1.84. The zero-order valence-corrected chi connectivity index (χ0v) is 17.5. The van der Waals surface area contributed by atoms with Crippen LogP contribution in [-0.4, -0.2) is 69.1 Å². The molecule has 2 aromatic carbocycles. The van der Waals surface area contributed by atoms with Crippen molar-refractivity contribution in [3.8, 4) is 17.2 Å². The maximum Gasteiger partial charge on any atom is 0.253 e. The molecule has 158 valence electrons. The van der Waals surface area contributed by atoms with Gasteiger partial charge in [-0.05, 0) is 48.0 Å². The van der Waals surface area contributed by atoms with E-state index >= 15 is 0 Å². The maximum atomic E-state index is 12.6. The third-order valence-corrected chi connectivity index (χ3v) is 5.04. The lowest BCUT2D eigenvalue weighted by atomic mass is 10.1. The highest BCUT2D eigenvalue weighted by Gasteiger charge is 2.23. The number of rotatable bonds is 6. The number of piperazine rings is 1. The molecular weight excluding hydrogens is 384 g/mol. The van der Waals surface area contributed by atoms with Crippen LogP contribution in [0, 0.1) is 0 Å². The van der Waals surface area contributed by atoms with Crippen molar-refractivity contribution in [2.75, 3.05) is 47.5 Å². The van der Waals surface area contributed by atoms with E-state index in [-0.39, 0.29) is 11.8 Å². The first-order valence-electron chi connectivity index (χ1n) is 9.68. The van der Waals surface area contributed by atoms with Crippen molar-refractivity contribution < 1.29 is 23.8 Å². The molecule has 1 saturated heterocycles. The molecule has 2 amide bonds. The number of hydrogen-bond donors (Lipinski definition) is 0. The Morgan fingerprint density at radius 2 is 1.43 bits per heavy atom. The van der Waals surface area contributed by atoms with Gasteiger partial charge in [0.05, 0.1) is 21.3 Å². The fraction of sp³-hybridized carbons (Fsp3) is 0.304. The quantitative estimate of drug-likeness (QED) is 0.685. The van der Waals surface area contributed by atoms with Gasteiger partial charge in [0, 0.05) is 37.8 Å². The highest BCUT2D eigenvalue weighted by atomic mass is 16.5. The van der Waals surface area contributed by atoms with E-state index in [1.165, 1.54) is 0 Å². The molecule has 0 saturated carbocycles. The van der Waals surface area contributed by atoms with Crippen LogP contribution in [0.1, 0.15) is 15.9 Å². The average Bonchev–Trinajstić information content (AvgIpc) is 2.82. The zero-order chi connectivity index (χ0) is 21.5. The van der Waals surface area contributed by atoms with E-state index in [1.807, 2.05) is 12.1 Å². The smallest absolute Gasteiger partial charge is 0.253 e. The highest BCUT2D eigenvalue weighted by Crippen LogP contribution is 2.28. The number of carbonyl (C=O) groups excluding carboxylic acids is 2. The Hall–Kier alpha value is -3.48. The van der Waals surface area contributed by atoms with E-state index in [0.717, 1.165) is 5.56 Å². The van der Waals surface area contributed by atoms with Crippen LogP contribution in [0.3, 0.4) is 0 Å². The Balaban J connectivity index is 1.56. The van der Waals surface area contributed by atoms with Crippen molar-refractivity contribution in [1.82, 2.24) is 9.80 Å². The first kappa shape index (κ1) is 21.2. The standard InChI is InChI=1S/C23H26N2O5/c1-28-19-8-6-18(7-9-19)23(27)25-14-12-24(13-15-25)22(26)11-5-17-4-10-20(29-2)21(16-17)30-3/h4-11,16H,12-15H2,1-3H3/b11-5+. The van der Waals surface area contributed by atoms with Gasteiger partial charge in [-0.3, -0.25) is 9.59 Å². The Bertz CT molecular complexity index is 916. The van der Waals surface area contributed by atoms with Gasteiger partial charge in [0.2, 0.25) is 5.91 Å². The Labute approximate surface area is 176 Å². The van der Waals surface area contributed by atoms with Gasteiger partial charge in [0.15, 0.2) is 11.5 Å². The molecule has 7 heteroatoms. The second-order valence-corrected chi connectivity index (χ2v) is 6.79. The highest BCUT2D eigenvalue weighted by molar-refractivity contribution is 5.95. The molecule has 1 fully saturated rings. The van der Waals surface area contributed by atoms with Gasteiger partial charge in [0.1, 0.15) is 5.75 Å². The van der Waals surface area contributed by atoms with Gasteiger partial charge in [-0.1, -0.05) is 6.07 Å². The summed E-state index contributed by atoms with van der Waals surface area (Å²) in [5.41, 5.74) is 1.46. The fourth-order valence-electron chi connectivity index (χ4n) is 3.28. The summed E-state index contributed by atoms with van der Waals surface area (Å²) in [5, 5.41) is 0. The number of benzene rings is 2. The lowest BCUT2D eigenvalue weighted by Gasteiger charge is -2.34. The molecule has 1 aliphatic rings. The van der Waals surface area contributed by atoms with E-state index < -0.39 is 0 Å². The van der Waals surface area contributed by atoms with Gasteiger partial charge in [0.25, 0.3) is 5.91 Å². The zero-order valence-electron chi connectivity index (χ0n) is 17.5. The molecule has 0 aliphatic carbocycles. The molecule has 2 aromatic rings. The molecule has 0 bridgehead atoms. The molecule has 7 nitrogen and oxygen atoms in total. The normalized spacial score (nSPS) is 14.0. The van der Waals surface area contributed by atoms with Crippen molar-refractivity contribution in [2.24, 2.45) is 0 Å². The summed E-state index contributed by atoms with van der Waals surface area (Å²) in [6.45, 7) is 2.00. The summed E-state index contributed by atoms with van der Waals surface area (Å²) in [6.07, 6.45) is 3.29. The second kappa shape index (κ2) is 9.82. The second-order valence-electron chi connectivity index (χ2n) is 6.79. The number of carbonyl (C=O) groups is 2. The molecule has 3 rings (SSSR count). The number of nitrogens with zero attached hydrogens (tertiary/aromatic N) is 2. The van der Waals surface area contributed by atoms with Crippen molar-refractivity contribution >= 4 is 17.9 Å². The molecule has 0 atom stereocenters. The first-order valence-corrected chi connectivity index (χ1v) is 9.68. The van der Waals surface area contributed by atoms with Crippen molar-refractivity contribution in [3.05, 3.63) is 59.7 Å². The maximum absolute atomic E-state index is 12.6. The van der Waals surface area contributed by atoms with Gasteiger partial charge >= 0.3 is 0 Å². The van der Waals surface area contributed by atoms with E-state index in [9.17, 15) is 9.59 Å². The molecule has 30 heavy (non-hydrogen) atoms. The molecule has 0 aromatic heterocycles. The van der Waals surface area contributed by atoms with Crippen LogP contribution >= 0.6 is 0 Å². The summed E-state index contributed by atoms with van der Waals surface area (Å²) in [6, 6.07) is 12.5. The third-order valence-electron chi connectivity index (χ3n) is 5.04. The minimum absolute atomic E-state index is 0.0365. The topological polar surface area (TPSA) is 68.3 Å². The molecule has 1 heterocycles. The predicted octanol–water partition coefficient (Wildman–Crippen LogP) is 2.71. The van der Waals surface area contributed by atoms with Gasteiger partial charge in [-0.2, -0.15) is 0 Å². The van der Waals surface area contributed by atoms with Crippen LogP contribution in [0.25, 0.3) is 6.08 Å². The summed E-state index contributed by atoms with van der Waals surface area (Å²) < 4.78 is 15.6. The monoisotopic (exact) mass is 410 g/mol. The van der Waals surface area contributed by atoms with Gasteiger partial charge in [-0.15, -0.1) is 0 Å². The average molecular weight is 410 g/mol. The van der Waals surface area contributed by atoms with Gasteiger partial charge in [-0.25, -0.2) is 0 Å². The molecule has 1 aliphatic heterocycles. The number of amides is 2. The van der Waals surface area contributed by atoms with E-state index in [2.05, 4.69) is 0 Å². The molecule has 0 unspecified atom stereocenters. The molecular formula is C23H26N2O5. The Morgan fingerprint density at radius 3 is 2.03 bits per heavy atom. The lowest BCUT2D eigenvalue weighted by molar-refractivity contribution is -0.127. The van der Waals surface area contributed by atoms with Crippen LogP contribution in [-0.2, 0) is 4.79 Å². The first-order chi connectivity index (χ1) is 14.5. The molecule has 0 radical (unpaired) electrons. The van der Waals surface area contributed by atoms with E-state index in [0.29, 0.717) is 49.0 Å². The van der Waals surface area contributed by atoms with Gasteiger partial charge < -0.3 is 24.0 Å². The predicted molar refractivity (Wildman–Crippen MR) is 114 cm³/mol.